The van der Waals surface area contributed by atoms with Crippen LogP contribution in [0.25, 0.3) is 0 Å². The Morgan fingerprint density at radius 2 is 1.68 bits per heavy atom. The van der Waals surface area contributed by atoms with Crippen molar-refractivity contribution in [2.75, 3.05) is 41.0 Å². The predicted molar refractivity (Wildman–Crippen MR) is 93.7 cm³/mol. The highest BCUT2D eigenvalue weighted by Gasteiger charge is 2.34. The maximum absolute atomic E-state index is 12.8. The summed E-state index contributed by atoms with van der Waals surface area (Å²) in [4.78, 5) is 24.3. The number of nitrogens with zero attached hydrogens (tertiary/aromatic N) is 1. The average Bonchev–Trinajstić information content (AvgIpc) is 2.63. The highest BCUT2D eigenvalue weighted by molar-refractivity contribution is 5.82. The highest BCUT2D eigenvalue weighted by atomic mass is 19.4. The molecule has 1 aromatic carbocycles. The Bertz CT molecular complexity index is 678. The lowest BCUT2D eigenvalue weighted by atomic mass is 10.1. The second kappa shape index (κ2) is 10.6. The predicted octanol–water partition coefficient (Wildman–Crippen LogP) is 2.60. The first-order chi connectivity index (χ1) is 13.2. The highest BCUT2D eigenvalue weighted by Crippen LogP contribution is 2.40. The fourth-order valence-corrected chi connectivity index (χ4v) is 2.57. The number of esters is 1. The monoisotopic (exact) mass is 407 g/mol. The van der Waals surface area contributed by atoms with E-state index < -0.39 is 31.1 Å². The number of hydrogen-bond donors (Lipinski definition) is 0. The number of aryl methyl sites for hydroxylation is 1. The van der Waals surface area contributed by atoms with Crippen molar-refractivity contribution >= 4 is 11.9 Å². The molecule has 10 heteroatoms. The number of methoxy groups -OCH3 is 3. The molecule has 0 aliphatic carbocycles. The topological polar surface area (TPSA) is 74.3 Å². The van der Waals surface area contributed by atoms with E-state index in [1.54, 1.807) is 12.1 Å². The van der Waals surface area contributed by atoms with Crippen LogP contribution in [0.5, 0.6) is 17.2 Å². The van der Waals surface area contributed by atoms with Gasteiger partial charge in [0, 0.05) is 6.42 Å². The summed E-state index contributed by atoms with van der Waals surface area (Å²) in [5.74, 6) is -0.683. The van der Waals surface area contributed by atoms with Gasteiger partial charge in [-0.25, -0.2) is 0 Å². The number of amides is 1. The number of carbonyl (C=O) groups is 2. The number of rotatable bonds is 10. The van der Waals surface area contributed by atoms with E-state index in [-0.39, 0.29) is 19.4 Å². The molecule has 0 aromatic heterocycles. The Kier molecular flexibility index (Phi) is 8.87. The Morgan fingerprint density at radius 3 is 2.18 bits per heavy atom. The molecule has 0 N–H and O–H groups in total. The molecule has 7 nitrogen and oxygen atoms in total. The Hall–Kier alpha value is -2.65. The van der Waals surface area contributed by atoms with Crippen LogP contribution in [-0.2, 0) is 20.7 Å². The van der Waals surface area contributed by atoms with E-state index in [0.717, 1.165) is 0 Å². The van der Waals surface area contributed by atoms with E-state index in [9.17, 15) is 22.8 Å². The van der Waals surface area contributed by atoms with E-state index in [1.807, 2.05) is 0 Å². The number of alkyl halides is 3. The summed E-state index contributed by atoms with van der Waals surface area (Å²) in [6.07, 6.45) is -4.82. The van der Waals surface area contributed by atoms with Crippen LogP contribution >= 0.6 is 0 Å². The van der Waals surface area contributed by atoms with E-state index in [1.165, 1.54) is 28.3 Å². The van der Waals surface area contributed by atoms with Crippen LogP contribution in [0, 0.1) is 0 Å². The summed E-state index contributed by atoms with van der Waals surface area (Å²) in [6, 6.07) is 3.24. The van der Waals surface area contributed by atoms with Crippen molar-refractivity contribution in [3.05, 3.63) is 17.7 Å². The summed E-state index contributed by atoms with van der Waals surface area (Å²) >= 11 is 0. The molecule has 0 heterocycles. The third-order valence-corrected chi connectivity index (χ3v) is 3.74. The van der Waals surface area contributed by atoms with Crippen molar-refractivity contribution < 1.29 is 41.7 Å². The van der Waals surface area contributed by atoms with Crippen molar-refractivity contribution in [3.8, 4) is 17.2 Å². The summed E-state index contributed by atoms with van der Waals surface area (Å²) in [5, 5.41) is 0. The first-order valence-electron chi connectivity index (χ1n) is 8.44. The second-order valence-electron chi connectivity index (χ2n) is 5.66. The Morgan fingerprint density at radius 1 is 1.04 bits per heavy atom. The molecule has 1 amide bonds. The van der Waals surface area contributed by atoms with Gasteiger partial charge < -0.3 is 23.8 Å². The second-order valence-corrected chi connectivity index (χ2v) is 5.66. The van der Waals surface area contributed by atoms with Crippen molar-refractivity contribution in [1.29, 1.82) is 0 Å². The minimum absolute atomic E-state index is 0.00965. The van der Waals surface area contributed by atoms with Crippen LogP contribution in [0.2, 0.25) is 0 Å². The van der Waals surface area contributed by atoms with Crippen LogP contribution in [-0.4, -0.2) is 64.0 Å². The van der Waals surface area contributed by atoms with E-state index >= 15 is 0 Å². The van der Waals surface area contributed by atoms with Gasteiger partial charge >= 0.3 is 12.1 Å². The minimum atomic E-state index is -4.64. The van der Waals surface area contributed by atoms with Gasteiger partial charge in [-0.1, -0.05) is 6.07 Å². The molecule has 1 rings (SSSR count). The molecule has 0 spiro atoms. The molecule has 0 saturated carbocycles. The van der Waals surface area contributed by atoms with Gasteiger partial charge in [-0.3, -0.25) is 9.59 Å². The lowest BCUT2D eigenvalue weighted by Gasteiger charge is -2.23. The number of ether oxygens (including phenoxy) is 4. The standard InChI is InChI=1S/C18H24F3NO6/c1-5-28-15(24)10-22(11-18(19,20)21)14(23)9-7-12-6-8-13(25-2)17(27-4)16(12)26-3/h6,8H,5,7,9-11H2,1-4H3. The van der Waals surface area contributed by atoms with Gasteiger partial charge in [-0.2, -0.15) is 13.2 Å². The van der Waals surface area contributed by atoms with Crippen molar-refractivity contribution in [3.63, 3.8) is 0 Å². The zero-order valence-corrected chi connectivity index (χ0v) is 16.2. The Labute approximate surface area is 161 Å². The van der Waals surface area contributed by atoms with E-state index in [0.29, 0.717) is 27.7 Å². The third-order valence-electron chi connectivity index (χ3n) is 3.74. The molecule has 158 valence electrons. The smallest absolute Gasteiger partial charge is 0.406 e. The van der Waals surface area contributed by atoms with Gasteiger partial charge in [0.15, 0.2) is 11.5 Å². The molecule has 0 radical (unpaired) electrons. The first-order valence-corrected chi connectivity index (χ1v) is 8.44. The molecule has 0 aliphatic rings. The van der Waals surface area contributed by atoms with Gasteiger partial charge in [-0.05, 0) is 25.0 Å². The number of benzene rings is 1. The summed E-state index contributed by atoms with van der Waals surface area (Å²) < 4.78 is 58.7. The maximum Gasteiger partial charge on any atom is 0.406 e. The van der Waals surface area contributed by atoms with E-state index in [4.69, 9.17) is 14.2 Å². The van der Waals surface area contributed by atoms with Gasteiger partial charge in [-0.15, -0.1) is 0 Å². The molecule has 0 unspecified atom stereocenters. The molecule has 0 aliphatic heterocycles. The van der Waals surface area contributed by atoms with Crippen molar-refractivity contribution in [1.82, 2.24) is 4.90 Å². The number of hydrogen-bond acceptors (Lipinski definition) is 6. The van der Waals surface area contributed by atoms with Crippen LogP contribution in [0.3, 0.4) is 0 Å². The zero-order valence-electron chi connectivity index (χ0n) is 16.2. The van der Waals surface area contributed by atoms with Gasteiger partial charge in [0.2, 0.25) is 11.7 Å². The van der Waals surface area contributed by atoms with Crippen LogP contribution < -0.4 is 14.2 Å². The van der Waals surface area contributed by atoms with Crippen LogP contribution in [0.1, 0.15) is 18.9 Å². The number of carbonyl (C=O) groups excluding carboxylic acids is 2. The molecular weight excluding hydrogens is 383 g/mol. The fourth-order valence-electron chi connectivity index (χ4n) is 2.57. The molecular formula is C18H24F3NO6. The molecule has 0 bridgehead atoms. The largest absolute Gasteiger partial charge is 0.493 e. The zero-order chi connectivity index (χ0) is 21.3. The molecule has 0 saturated heterocycles. The van der Waals surface area contributed by atoms with Crippen LogP contribution in [0.4, 0.5) is 13.2 Å². The fraction of sp³-hybridized carbons (Fsp3) is 0.556. The third kappa shape index (κ3) is 6.82. The Balaban J connectivity index is 2.95. The summed E-state index contributed by atoms with van der Waals surface area (Å²) in [7, 11) is 4.27. The van der Waals surface area contributed by atoms with E-state index in [2.05, 4.69) is 4.74 Å². The molecule has 0 atom stereocenters. The maximum atomic E-state index is 12.8. The van der Waals surface area contributed by atoms with Crippen LogP contribution in [0.15, 0.2) is 12.1 Å². The minimum Gasteiger partial charge on any atom is -0.493 e. The SMILES string of the molecule is CCOC(=O)CN(CC(F)(F)F)C(=O)CCc1ccc(OC)c(OC)c1OC. The van der Waals surface area contributed by atoms with Gasteiger partial charge in [0.25, 0.3) is 0 Å². The van der Waals surface area contributed by atoms with Crippen molar-refractivity contribution in [2.24, 2.45) is 0 Å². The normalized spacial score (nSPS) is 11.0. The quantitative estimate of drug-likeness (QED) is 0.555. The molecule has 1 aromatic rings. The number of halogens is 3. The summed E-state index contributed by atoms with van der Waals surface area (Å²) in [5.41, 5.74) is 0.552. The average molecular weight is 407 g/mol. The molecule has 0 fully saturated rings. The van der Waals surface area contributed by atoms with Gasteiger partial charge in [0.05, 0.1) is 27.9 Å². The molecule has 28 heavy (non-hydrogen) atoms. The van der Waals surface area contributed by atoms with Gasteiger partial charge in [0.1, 0.15) is 13.1 Å². The van der Waals surface area contributed by atoms with Crippen molar-refractivity contribution in [2.45, 2.75) is 25.9 Å². The lowest BCUT2D eigenvalue weighted by molar-refractivity contribution is -0.167. The summed E-state index contributed by atoms with van der Waals surface area (Å²) in [6.45, 7) is -0.768. The lowest BCUT2D eigenvalue weighted by Crippen LogP contribution is -2.42. The first kappa shape index (κ1) is 23.4.